The van der Waals surface area contributed by atoms with Crippen LogP contribution in [0.2, 0.25) is 0 Å². The van der Waals surface area contributed by atoms with Crippen molar-refractivity contribution in [2.75, 3.05) is 5.32 Å². The first-order valence-electron chi connectivity index (χ1n) is 14.4. The number of nitrogens with one attached hydrogen (secondary N) is 2. The zero-order chi connectivity index (χ0) is 27.3. The highest BCUT2D eigenvalue weighted by Crippen LogP contribution is 2.33. The number of H-pyrrole nitrogens is 1. The van der Waals surface area contributed by atoms with Crippen LogP contribution in [0.4, 0.5) is 5.69 Å². The van der Waals surface area contributed by atoms with Crippen molar-refractivity contribution in [1.82, 2.24) is 40.8 Å². The number of carbonyl (C=O) groups excluding carboxylic acids is 1. The Morgan fingerprint density at radius 1 is 0.868 bits per heavy atom. The van der Waals surface area contributed by atoms with E-state index in [-0.39, 0.29) is 29.4 Å². The number of tetrazole rings is 2. The summed E-state index contributed by atoms with van der Waals surface area (Å²) in [6, 6.07) is 6.14. The first-order chi connectivity index (χ1) is 18.4. The number of unbranched alkanes of at least 4 members (excludes halogenated alkanes) is 9. The van der Waals surface area contributed by atoms with Crippen LogP contribution >= 0.6 is 0 Å². The van der Waals surface area contributed by atoms with Gasteiger partial charge in [0.1, 0.15) is 0 Å². The van der Waals surface area contributed by atoms with Crippen LogP contribution in [-0.2, 0) is 11.3 Å². The van der Waals surface area contributed by atoms with Gasteiger partial charge in [-0.05, 0) is 34.6 Å². The fourth-order valence-corrected chi connectivity index (χ4v) is 4.74. The molecule has 0 unspecified atom stereocenters. The molecule has 2 heterocycles. The Kier molecular flexibility index (Phi) is 11.8. The maximum absolute atomic E-state index is 13.7. The number of rotatable bonds is 17. The quantitative estimate of drug-likeness (QED) is 0.204. The number of hydrogen-bond donors (Lipinski definition) is 2. The van der Waals surface area contributed by atoms with Crippen molar-refractivity contribution in [2.24, 2.45) is 0 Å². The van der Waals surface area contributed by atoms with Crippen LogP contribution in [0.1, 0.15) is 139 Å². The molecule has 0 radical (unpaired) electrons. The molecule has 0 bridgehead atoms. The third-order valence-electron chi connectivity index (χ3n) is 6.94. The lowest BCUT2D eigenvalue weighted by Gasteiger charge is -2.21. The number of amides is 1. The van der Waals surface area contributed by atoms with Crippen LogP contribution in [0.5, 0.6) is 0 Å². The lowest BCUT2D eigenvalue weighted by Crippen LogP contribution is -2.26. The molecule has 2 aromatic heterocycles. The van der Waals surface area contributed by atoms with Gasteiger partial charge in [-0.25, -0.2) is 0 Å². The molecule has 1 atom stereocenters. The van der Waals surface area contributed by atoms with Crippen molar-refractivity contribution in [2.45, 2.75) is 123 Å². The van der Waals surface area contributed by atoms with Gasteiger partial charge in [0, 0.05) is 5.69 Å². The van der Waals surface area contributed by atoms with Gasteiger partial charge in [-0.3, -0.25) is 4.79 Å². The zero-order valence-electron chi connectivity index (χ0n) is 23.8. The van der Waals surface area contributed by atoms with E-state index in [0.717, 1.165) is 29.7 Å². The fraction of sp³-hybridized carbons (Fsp3) is 0.679. The SMILES string of the molecule is CCCCCCCCCCCCn1nnc([C@@H](C(=O)Nc2c(C(C)C)cccc2C(C)C)c2nn[nH]n2)n1. The molecule has 208 valence electrons. The summed E-state index contributed by atoms with van der Waals surface area (Å²) in [4.78, 5) is 15.2. The van der Waals surface area contributed by atoms with Gasteiger partial charge in [-0.15, -0.1) is 20.4 Å². The number of carbonyl (C=O) groups is 1. The van der Waals surface area contributed by atoms with Crippen LogP contribution in [0.25, 0.3) is 0 Å². The summed E-state index contributed by atoms with van der Waals surface area (Å²) < 4.78 is 0. The molecule has 10 nitrogen and oxygen atoms in total. The average molecular weight is 524 g/mol. The number of benzene rings is 1. The van der Waals surface area contributed by atoms with E-state index in [1.807, 2.05) is 6.07 Å². The lowest BCUT2D eigenvalue weighted by atomic mass is 9.92. The number of nitrogens with zero attached hydrogens (tertiary/aromatic N) is 7. The molecule has 0 aliphatic rings. The summed E-state index contributed by atoms with van der Waals surface area (Å²) in [7, 11) is 0. The molecule has 3 aromatic rings. The molecule has 38 heavy (non-hydrogen) atoms. The van der Waals surface area contributed by atoms with E-state index in [4.69, 9.17) is 0 Å². The Morgan fingerprint density at radius 3 is 2.03 bits per heavy atom. The summed E-state index contributed by atoms with van der Waals surface area (Å²) in [5, 5.41) is 30.4. The molecular formula is C28H45N9O. The summed E-state index contributed by atoms with van der Waals surface area (Å²) in [5.41, 5.74) is 2.98. The van der Waals surface area contributed by atoms with E-state index in [1.54, 1.807) is 4.80 Å². The van der Waals surface area contributed by atoms with Crippen LogP contribution < -0.4 is 5.32 Å². The van der Waals surface area contributed by atoms with Gasteiger partial charge in [0.05, 0.1) is 6.54 Å². The standard InChI is InChI=1S/C28H45N9O/c1-6-7-8-9-10-11-12-13-14-15-19-37-33-27(32-36-37)24(26-30-34-35-31-26)28(38)29-25-22(20(2)3)17-16-18-23(25)21(4)5/h16-18,20-21,24H,6-15,19H2,1-5H3,(H,29,38)(H,30,31,34,35)/t24-/m0/s1. The van der Waals surface area contributed by atoms with E-state index >= 15 is 0 Å². The summed E-state index contributed by atoms with van der Waals surface area (Å²) in [5.74, 6) is -0.256. The predicted molar refractivity (Wildman–Crippen MR) is 149 cm³/mol. The van der Waals surface area contributed by atoms with Crippen molar-refractivity contribution in [1.29, 1.82) is 0 Å². The Balaban J connectivity index is 1.63. The third-order valence-corrected chi connectivity index (χ3v) is 6.94. The average Bonchev–Trinajstić information content (AvgIpc) is 3.58. The molecule has 1 aromatic carbocycles. The maximum atomic E-state index is 13.7. The second-order valence-corrected chi connectivity index (χ2v) is 10.7. The van der Waals surface area contributed by atoms with Gasteiger partial charge < -0.3 is 5.32 Å². The van der Waals surface area contributed by atoms with Gasteiger partial charge in [-0.1, -0.05) is 116 Å². The second-order valence-electron chi connectivity index (χ2n) is 10.7. The molecule has 3 rings (SSSR count). The highest BCUT2D eigenvalue weighted by Gasteiger charge is 2.32. The number of aromatic amines is 1. The number of aromatic nitrogens is 8. The summed E-state index contributed by atoms with van der Waals surface area (Å²) in [6.45, 7) is 11.4. The van der Waals surface area contributed by atoms with Gasteiger partial charge in [0.25, 0.3) is 0 Å². The third kappa shape index (κ3) is 8.43. The summed E-state index contributed by atoms with van der Waals surface area (Å²) >= 11 is 0. The Bertz CT molecular complexity index is 1070. The van der Waals surface area contributed by atoms with Gasteiger partial charge in [0.2, 0.25) is 5.91 Å². The number of anilines is 1. The molecule has 0 saturated carbocycles. The lowest BCUT2D eigenvalue weighted by molar-refractivity contribution is -0.117. The first-order valence-corrected chi connectivity index (χ1v) is 14.4. The normalized spacial score (nSPS) is 12.4. The van der Waals surface area contributed by atoms with Crippen molar-refractivity contribution < 1.29 is 4.79 Å². The number of para-hydroxylation sites is 1. The molecule has 10 heteroatoms. The molecule has 1 amide bonds. The number of hydrogen-bond acceptors (Lipinski definition) is 7. The minimum Gasteiger partial charge on any atom is -0.325 e. The molecule has 0 spiro atoms. The Hall–Kier alpha value is -3.17. The van der Waals surface area contributed by atoms with Crippen LogP contribution in [0.15, 0.2) is 18.2 Å². The van der Waals surface area contributed by atoms with Crippen LogP contribution in [-0.4, -0.2) is 46.7 Å². The van der Waals surface area contributed by atoms with Gasteiger partial charge in [0.15, 0.2) is 17.6 Å². The van der Waals surface area contributed by atoms with Gasteiger partial charge >= 0.3 is 0 Å². The van der Waals surface area contributed by atoms with E-state index < -0.39 is 5.92 Å². The first kappa shape index (κ1) is 29.4. The van der Waals surface area contributed by atoms with Crippen LogP contribution in [0.3, 0.4) is 0 Å². The minimum absolute atomic E-state index is 0.217. The van der Waals surface area contributed by atoms with Gasteiger partial charge in [-0.2, -0.15) is 10.0 Å². The zero-order valence-corrected chi connectivity index (χ0v) is 23.8. The molecule has 0 fully saturated rings. The highest BCUT2D eigenvalue weighted by molar-refractivity contribution is 5.98. The Morgan fingerprint density at radius 2 is 1.47 bits per heavy atom. The maximum Gasteiger partial charge on any atom is 0.243 e. The smallest absolute Gasteiger partial charge is 0.243 e. The van der Waals surface area contributed by atoms with Crippen molar-refractivity contribution >= 4 is 11.6 Å². The van der Waals surface area contributed by atoms with E-state index in [2.05, 4.69) is 88.1 Å². The second kappa shape index (κ2) is 15.3. The van der Waals surface area contributed by atoms with Crippen molar-refractivity contribution in [3.05, 3.63) is 41.0 Å². The van der Waals surface area contributed by atoms with E-state index in [0.29, 0.717) is 6.54 Å². The fourth-order valence-electron chi connectivity index (χ4n) is 4.74. The highest BCUT2D eigenvalue weighted by atomic mass is 16.2. The summed E-state index contributed by atoms with van der Waals surface area (Å²) in [6.07, 6.45) is 12.6. The molecule has 0 saturated heterocycles. The molecule has 0 aliphatic carbocycles. The molecule has 2 N–H and O–H groups in total. The topological polar surface area (TPSA) is 127 Å². The molecule has 0 aliphatic heterocycles. The monoisotopic (exact) mass is 523 g/mol. The van der Waals surface area contributed by atoms with E-state index in [9.17, 15) is 4.79 Å². The largest absolute Gasteiger partial charge is 0.325 e. The minimum atomic E-state index is -0.921. The Labute approximate surface area is 226 Å². The van der Waals surface area contributed by atoms with Crippen LogP contribution in [0, 0.1) is 0 Å². The molecular weight excluding hydrogens is 478 g/mol. The number of aryl methyl sites for hydroxylation is 1. The van der Waals surface area contributed by atoms with Crippen molar-refractivity contribution in [3.63, 3.8) is 0 Å². The van der Waals surface area contributed by atoms with Crippen molar-refractivity contribution in [3.8, 4) is 0 Å². The van der Waals surface area contributed by atoms with E-state index in [1.165, 1.54) is 51.4 Å². The predicted octanol–water partition coefficient (Wildman–Crippen LogP) is 6.12.